The topological polar surface area (TPSA) is 32.3 Å². The first-order chi connectivity index (χ1) is 9.83. The number of carbonyl (C=O) groups excluding carboxylic acids is 1. The predicted molar refractivity (Wildman–Crippen MR) is 83.6 cm³/mol. The molecule has 2 aliphatic rings. The fraction of sp³-hybridized carbons (Fsp3) is 0.400. The van der Waals surface area contributed by atoms with E-state index in [0.717, 1.165) is 23.4 Å². The van der Waals surface area contributed by atoms with E-state index in [1.807, 2.05) is 11.0 Å². The molecule has 3 heterocycles. The van der Waals surface area contributed by atoms with Gasteiger partial charge in [-0.2, -0.15) is 0 Å². The number of anilines is 1. The van der Waals surface area contributed by atoms with Gasteiger partial charge in [0.2, 0.25) is 0 Å². The van der Waals surface area contributed by atoms with Crippen LogP contribution in [0.2, 0.25) is 0 Å². The number of nitrogens with one attached hydrogen (secondary N) is 1. The Morgan fingerprint density at radius 1 is 1.30 bits per heavy atom. The average Bonchev–Trinajstić information content (AvgIpc) is 3.09. The maximum atomic E-state index is 12.8. The highest BCUT2D eigenvalue weighted by atomic mass is 32.1. The monoisotopic (exact) mass is 304 g/mol. The quantitative estimate of drug-likeness (QED) is 0.917. The molecule has 0 bridgehead atoms. The van der Waals surface area contributed by atoms with E-state index in [9.17, 15) is 4.79 Å². The lowest BCUT2D eigenvalue weighted by Gasteiger charge is -2.28. The molecule has 4 rings (SSSR count). The highest BCUT2D eigenvalue weighted by Crippen LogP contribution is 2.40. The number of hydrogen-bond acceptors (Lipinski definition) is 4. The molecular weight excluding hydrogens is 288 g/mol. The zero-order valence-corrected chi connectivity index (χ0v) is 12.8. The minimum absolute atomic E-state index is 0.214. The van der Waals surface area contributed by atoms with Crippen LogP contribution in [0, 0.1) is 0 Å². The van der Waals surface area contributed by atoms with Crippen LogP contribution in [0.1, 0.15) is 38.5 Å². The standard InChI is InChI=1S/C15H16N2OS2/c18-15-13-11-5-1-2-6-12(11)20-14(13)16-9-17(15)8-10-4-3-7-19-10/h3-4,7,16H,1-2,5-6,8-9H2. The van der Waals surface area contributed by atoms with Crippen LogP contribution in [0.5, 0.6) is 0 Å². The zero-order chi connectivity index (χ0) is 13.5. The lowest BCUT2D eigenvalue weighted by Crippen LogP contribution is -2.39. The highest BCUT2D eigenvalue weighted by Gasteiger charge is 2.31. The fourth-order valence-electron chi connectivity index (χ4n) is 3.03. The van der Waals surface area contributed by atoms with Crippen LogP contribution in [0.25, 0.3) is 0 Å². The van der Waals surface area contributed by atoms with E-state index in [-0.39, 0.29) is 5.91 Å². The van der Waals surface area contributed by atoms with Gasteiger partial charge in [0.05, 0.1) is 18.8 Å². The number of aryl methyl sites for hydroxylation is 1. The Hall–Kier alpha value is -1.33. The van der Waals surface area contributed by atoms with Crippen LogP contribution in [0.3, 0.4) is 0 Å². The second-order valence-electron chi connectivity index (χ2n) is 5.33. The lowest BCUT2D eigenvalue weighted by atomic mass is 9.94. The van der Waals surface area contributed by atoms with Crippen LogP contribution >= 0.6 is 22.7 Å². The summed E-state index contributed by atoms with van der Waals surface area (Å²) in [4.78, 5) is 17.4. The molecule has 1 amide bonds. The van der Waals surface area contributed by atoms with E-state index in [1.54, 1.807) is 22.7 Å². The van der Waals surface area contributed by atoms with Gasteiger partial charge in [0.25, 0.3) is 5.91 Å². The molecule has 0 saturated carbocycles. The maximum absolute atomic E-state index is 12.8. The molecule has 1 aliphatic heterocycles. The molecule has 2 aromatic rings. The summed E-state index contributed by atoms with van der Waals surface area (Å²) in [6.45, 7) is 1.34. The van der Waals surface area contributed by atoms with Gasteiger partial charge < -0.3 is 10.2 Å². The van der Waals surface area contributed by atoms with E-state index < -0.39 is 0 Å². The summed E-state index contributed by atoms with van der Waals surface area (Å²) < 4.78 is 0. The van der Waals surface area contributed by atoms with Crippen molar-refractivity contribution in [2.45, 2.75) is 32.2 Å². The van der Waals surface area contributed by atoms with Crippen molar-refractivity contribution in [2.24, 2.45) is 0 Å². The average molecular weight is 304 g/mol. The van der Waals surface area contributed by atoms with Gasteiger partial charge in [0.1, 0.15) is 5.00 Å². The summed E-state index contributed by atoms with van der Waals surface area (Å²) in [5.74, 6) is 0.214. The molecule has 0 spiro atoms. The Morgan fingerprint density at radius 3 is 3.05 bits per heavy atom. The molecule has 0 aromatic carbocycles. The third-order valence-electron chi connectivity index (χ3n) is 4.03. The van der Waals surface area contributed by atoms with Crippen LogP contribution in [0.15, 0.2) is 17.5 Å². The molecule has 0 radical (unpaired) electrons. The summed E-state index contributed by atoms with van der Waals surface area (Å²) >= 11 is 3.51. The lowest BCUT2D eigenvalue weighted by molar-refractivity contribution is 0.0747. The van der Waals surface area contributed by atoms with Gasteiger partial charge in [-0.15, -0.1) is 22.7 Å². The summed E-state index contributed by atoms with van der Waals surface area (Å²) in [6, 6.07) is 4.14. The van der Waals surface area contributed by atoms with Crippen molar-refractivity contribution in [1.29, 1.82) is 0 Å². The minimum atomic E-state index is 0.214. The molecule has 104 valence electrons. The van der Waals surface area contributed by atoms with Crippen molar-refractivity contribution in [3.05, 3.63) is 38.4 Å². The molecule has 0 unspecified atom stereocenters. The molecule has 2 aromatic heterocycles. The van der Waals surface area contributed by atoms with Crippen LogP contribution < -0.4 is 5.32 Å². The van der Waals surface area contributed by atoms with Gasteiger partial charge in [-0.25, -0.2) is 0 Å². The van der Waals surface area contributed by atoms with Gasteiger partial charge in [-0.05, 0) is 42.7 Å². The predicted octanol–water partition coefficient (Wildman–Crippen LogP) is 3.71. The Labute approximate surface area is 126 Å². The number of rotatable bonds is 2. The van der Waals surface area contributed by atoms with E-state index in [1.165, 1.54) is 28.2 Å². The zero-order valence-electron chi connectivity index (χ0n) is 11.1. The Balaban J connectivity index is 1.66. The number of nitrogens with zero attached hydrogens (tertiary/aromatic N) is 1. The van der Waals surface area contributed by atoms with Crippen molar-refractivity contribution >= 4 is 33.6 Å². The summed E-state index contributed by atoms with van der Waals surface area (Å²) in [5, 5.41) is 6.61. The summed E-state index contributed by atoms with van der Waals surface area (Å²) in [5.41, 5.74) is 2.29. The first-order valence-corrected chi connectivity index (χ1v) is 8.72. The number of thiophene rings is 2. The van der Waals surface area contributed by atoms with Crippen molar-refractivity contribution < 1.29 is 4.79 Å². The van der Waals surface area contributed by atoms with Crippen molar-refractivity contribution in [3.63, 3.8) is 0 Å². The van der Waals surface area contributed by atoms with E-state index in [2.05, 4.69) is 16.8 Å². The van der Waals surface area contributed by atoms with Crippen molar-refractivity contribution in [2.75, 3.05) is 12.0 Å². The Kier molecular flexibility index (Phi) is 3.04. The number of carbonyl (C=O) groups is 1. The minimum Gasteiger partial charge on any atom is -0.359 e. The second kappa shape index (κ2) is 4.90. The molecule has 3 nitrogen and oxygen atoms in total. The second-order valence-corrected chi connectivity index (χ2v) is 7.47. The molecule has 1 aliphatic carbocycles. The van der Waals surface area contributed by atoms with Crippen LogP contribution in [0.4, 0.5) is 5.00 Å². The molecule has 0 fully saturated rings. The summed E-state index contributed by atoms with van der Waals surface area (Å²) in [6.07, 6.45) is 4.70. The van der Waals surface area contributed by atoms with Gasteiger partial charge in [0, 0.05) is 9.75 Å². The molecule has 0 atom stereocenters. The largest absolute Gasteiger partial charge is 0.359 e. The number of amides is 1. The molecule has 20 heavy (non-hydrogen) atoms. The van der Waals surface area contributed by atoms with E-state index in [0.29, 0.717) is 13.2 Å². The van der Waals surface area contributed by atoms with E-state index >= 15 is 0 Å². The SMILES string of the molecule is O=C1c2c(sc3c2CCCC3)NCN1Cc1cccs1. The van der Waals surface area contributed by atoms with Gasteiger partial charge >= 0.3 is 0 Å². The van der Waals surface area contributed by atoms with E-state index in [4.69, 9.17) is 0 Å². The highest BCUT2D eigenvalue weighted by molar-refractivity contribution is 7.16. The van der Waals surface area contributed by atoms with Gasteiger partial charge in [0.15, 0.2) is 0 Å². The molecule has 0 saturated heterocycles. The van der Waals surface area contributed by atoms with Crippen LogP contribution in [-0.2, 0) is 19.4 Å². The molecule has 5 heteroatoms. The third kappa shape index (κ3) is 1.96. The van der Waals surface area contributed by atoms with Gasteiger partial charge in [-0.3, -0.25) is 4.79 Å². The smallest absolute Gasteiger partial charge is 0.258 e. The fourth-order valence-corrected chi connectivity index (χ4v) is 5.02. The van der Waals surface area contributed by atoms with Gasteiger partial charge in [-0.1, -0.05) is 6.07 Å². The Bertz CT molecular complexity index is 645. The number of hydrogen-bond donors (Lipinski definition) is 1. The molecular formula is C15H16N2OS2. The van der Waals surface area contributed by atoms with Crippen molar-refractivity contribution in [1.82, 2.24) is 4.90 Å². The normalized spacial score (nSPS) is 17.6. The van der Waals surface area contributed by atoms with Crippen molar-refractivity contribution in [3.8, 4) is 0 Å². The first kappa shape index (κ1) is 12.4. The Morgan fingerprint density at radius 2 is 2.20 bits per heavy atom. The third-order valence-corrected chi connectivity index (χ3v) is 6.14. The molecule has 1 N–H and O–H groups in total. The first-order valence-electron chi connectivity index (χ1n) is 7.03. The number of fused-ring (bicyclic) bond motifs is 3. The summed E-state index contributed by atoms with van der Waals surface area (Å²) in [7, 11) is 0. The maximum Gasteiger partial charge on any atom is 0.258 e. The van der Waals surface area contributed by atoms with Crippen LogP contribution in [-0.4, -0.2) is 17.5 Å².